The van der Waals surface area contributed by atoms with Gasteiger partial charge in [0.15, 0.2) is 0 Å². The molecule has 0 aliphatic rings. The summed E-state index contributed by atoms with van der Waals surface area (Å²) in [5.74, 6) is 0.779. The third-order valence-electron chi connectivity index (χ3n) is 2.81. The van der Waals surface area contributed by atoms with Gasteiger partial charge < -0.3 is 14.8 Å². The quantitative estimate of drug-likeness (QED) is 0.913. The molecule has 0 bridgehead atoms. The van der Waals surface area contributed by atoms with Gasteiger partial charge in [-0.05, 0) is 12.1 Å². The first-order chi connectivity index (χ1) is 10.0. The number of nitrogens with one attached hydrogen (secondary N) is 1. The van der Waals surface area contributed by atoms with Crippen LogP contribution in [0.25, 0.3) is 0 Å². The van der Waals surface area contributed by atoms with Gasteiger partial charge in [-0.1, -0.05) is 29.3 Å². The Morgan fingerprint density at radius 2 is 1.67 bits per heavy atom. The van der Waals surface area contributed by atoms with Crippen LogP contribution in [0.2, 0.25) is 10.0 Å². The van der Waals surface area contributed by atoms with Crippen LogP contribution in [0.4, 0.5) is 5.69 Å². The molecule has 21 heavy (non-hydrogen) atoms. The van der Waals surface area contributed by atoms with Gasteiger partial charge in [0.2, 0.25) is 0 Å². The molecule has 6 heteroatoms. The summed E-state index contributed by atoms with van der Waals surface area (Å²) < 4.78 is 10.3. The van der Waals surface area contributed by atoms with Crippen molar-refractivity contribution in [2.24, 2.45) is 0 Å². The van der Waals surface area contributed by atoms with Gasteiger partial charge in [-0.15, -0.1) is 0 Å². The van der Waals surface area contributed by atoms with Crippen LogP contribution in [-0.2, 0) is 0 Å². The van der Waals surface area contributed by atoms with Crippen LogP contribution < -0.4 is 14.8 Å². The number of carbonyl (C=O) groups excluding carboxylic acids is 1. The smallest absolute Gasteiger partial charge is 0.257 e. The largest absolute Gasteiger partial charge is 0.497 e. The highest BCUT2D eigenvalue weighted by molar-refractivity contribution is 6.44. The maximum atomic E-state index is 12.3. The zero-order chi connectivity index (χ0) is 15.4. The van der Waals surface area contributed by atoms with Crippen molar-refractivity contribution >= 4 is 34.8 Å². The fraction of sp³-hybridized carbons (Fsp3) is 0.133. The molecule has 1 amide bonds. The fourth-order valence-corrected chi connectivity index (χ4v) is 2.14. The molecule has 0 aromatic heterocycles. The molecule has 2 aromatic carbocycles. The molecule has 0 spiro atoms. The molecule has 0 fully saturated rings. The molecule has 0 saturated carbocycles. The van der Waals surface area contributed by atoms with Crippen molar-refractivity contribution in [3.05, 3.63) is 52.0 Å². The molecule has 2 aromatic rings. The number of halogens is 2. The summed E-state index contributed by atoms with van der Waals surface area (Å²) in [5, 5.41) is 3.27. The van der Waals surface area contributed by atoms with E-state index in [1.807, 2.05) is 0 Å². The van der Waals surface area contributed by atoms with Crippen molar-refractivity contribution < 1.29 is 14.3 Å². The molecule has 0 aliphatic heterocycles. The van der Waals surface area contributed by atoms with Crippen LogP contribution in [0.3, 0.4) is 0 Å². The summed E-state index contributed by atoms with van der Waals surface area (Å²) in [6.07, 6.45) is 0. The van der Waals surface area contributed by atoms with Crippen molar-refractivity contribution in [3.8, 4) is 11.5 Å². The standard InChI is InChI=1S/C15H13Cl2NO3/c1-20-10-6-9(7-11(8-10)21-2)18-15(19)12-4-3-5-13(16)14(12)17/h3-8H,1-2H3,(H,18,19). The minimum absolute atomic E-state index is 0.214. The zero-order valence-corrected chi connectivity index (χ0v) is 13.0. The first-order valence-corrected chi connectivity index (χ1v) is 6.79. The molecular weight excluding hydrogens is 313 g/mol. The first-order valence-electron chi connectivity index (χ1n) is 6.03. The highest BCUT2D eigenvalue weighted by Gasteiger charge is 2.13. The Morgan fingerprint density at radius 1 is 1.05 bits per heavy atom. The molecule has 0 unspecified atom stereocenters. The minimum atomic E-state index is -0.363. The molecule has 0 heterocycles. The number of amides is 1. The second-order valence-corrected chi connectivity index (χ2v) is 4.94. The molecule has 1 N–H and O–H groups in total. The van der Waals surface area contributed by atoms with Crippen LogP contribution >= 0.6 is 23.2 Å². The molecular formula is C15H13Cl2NO3. The van der Waals surface area contributed by atoms with Crippen molar-refractivity contribution in [3.63, 3.8) is 0 Å². The third-order valence-corrected chi connectivity index (χ3v) is 3.62. The molecule has 2 rings (SSSR count). The SMILES string of the molecule is COc1cc(NC(=O)c2cccc(Cl)c2Cl)cc(OC)c1. The van der Waals surface area contributed by atoms with Gasteiger partial charge in [-0.3, -0.25) is 4.79 Å². The summed E-state index contributed by atoms with van der Waals surface area (Å²) >= 11 is 11.9. The summed E-state index contributed by atoms with van der Waals surface area (Å²) in [6.45, 7) is 0. The first kappa shape index (κ1) is 15.5. The Morgan fingerprint density at radius 3 is 2.24 bits per heavy atom. The van der Waals surface area contributed by atoms with Crippen molar-refractivity contribution in [2.45, 2.75) is 0 Å². The summed E-state index contributed by atoms with van der Waals surface area (Å²) in [5.41, 5.74) is 0.832. The van der Waals surface area contributed by atoms with Crippen LogP contribution in [0, 0.1) is 0 Å². The normalized spacial score (nSPS) is 10.1. The van der Waals surface area contributed by atoms with Gasteiger partial charge in [0.25, 0.3) is 5.91 Å². The van der Waals surface area contributed by atoms with Crippen LogP contribution in [0.1, 0.15) is 10.4 Å². The number of carbonyl (C=O) groups is 1. The average molecular weight is 326 g/mol. The lowest BCUT2D eigenvalue weighted by Crippen LogP contribution is -2.12. The van der Waals surface area contributed by atoms with E-state index in [0.717, 1.165) is 0 Å². The Labute approximate surface area is 132 Å². The van der Waals surface area contributed by atoms with Gasteiger partial charge >= 0.3 is 0 Å². The Kier molecular flexibility index (Phi) is 4.94. The lowest BCUT2D eigenvalue weighted by Gasteiger charge is -2.11. The summed E-state index contributed by atoms with van der Waals surface area (Å²) in [6, 6.07) is 9.95. The number of rotatable bonds is 4. The Bertz CT molecular complexity index is 652. The van der Waals surface area contributed by atoms with E-state index in [2.05, 4.69) is 5.32 Å². The van der Waals surface area contributed by atoms with Crippen molar-refractivity contribution in [2.75, 3.05) is 19.5 Å². The van der Waals surface area contributed by atoms with E-state index in [0.29, 0.717) is 27.8 Å². The topological polar surface area (TPSA) is 47.6 Å². The predicted octanol–water partition coefficient (Wildman–Crippen LogP) is 4.26. The number of hydrogen-bond donors (Lipinski definition) is 1. The summed E-state index contributed by atoms with van der Waals surface area (Å²) in [4.78, 5) is 12.3. The lowest BCUT2D eigenvalue weighted by molar-refractivity contribution is 0.102. The molecule has 0 radical (unpaired) electrons. The summed E-state index contributed by atoms with van der Waals surface area (Å²) in [7, 11) is 3.07. The van der Waals surface area contributed by atoms with Crippen molar-refractivity contribution in [1.29, 1.82) is 0 Å². The second kappa shape index (κ2) is 6.70. The molecule has 4 nitrogen and oxygen atoms in total. The van der Waals surface area contributed by atoms with Crippen LogP contribution in [0.15, 0.2) is 36.4 Å². The highest BCUT2D eigenvalue weighted by atomic mass is 35.5. The van der Waals surface area contributed by atoms with E-state index in [4.69, 9.17) is 32.7 Å². The lowest BCUT2D eigenvalue weighted by atomic mass is 10.2. The average Bonchev–Trinajstić information content (AvgIpc) is 2.49. The Balaban J connectivity index is 2.29. The molecule has 0 atom stereocenters. The molecule has 0 aliphatic carbocycles. The van der Waals surface area contributed by atoms with Crippen LogP contribution in [-0.4, -0.2) is 20.1 Å². The number of benzene rings is 2. The highest BCUT2D eigenvalue weighted by Crippen LogP contribution is 2.28. The minimum Gasteiger partial charge on any atom is -0.497 e. The van der Waals surface area contributed by atoms with Gasteiger partial charge in [-0.25, -0.2) is 0 Å². The van der Waals surface area contributed by atoms with Gasteiger partial charge in [-0.2, -0.15) is 0 Å². The van der Waals surface area contributed by atoms with Gasteiger partial charge in [0.1, 0.15) is 11.5 Å². The third kappa shape index (κ3) is 3.60. The molecule has 110 valence electrons. The van der Waals surface area contributed by atoms with E-state index >= 15 is 0 Å². The van der Waals surface area contributed by atoms with E-state index in [1.165, 1.54) is 14.2 Å². The van der Waals surface area contributed by atoms with E-state index in [1.54, 1.807) is 36.4 Å². The molecule has 0 saturated heterocycles. The fourth-order valence-electron chi connectivity index (χ4n) is 1.76. The number of anilines is 1. The number of methoxy groups -OCH3 is 2. The maximum Gasteiger partial charge on any atom is 0.257 e. The Hall–Kier alpha value is -1.91. The van der Waals surface area contributed by atoms with E-state index < -0.39 is 0 Å². The van der Waals surface area contributed by atoms with Crippen molar-refractivity contribution in [1.82, 2.24) is 0 Å². The van der Waals surface area contributed by atoms with Gasteiger partial charge in [0.05, 0.1) is 29.8 Å². The van der Waals surface area contributed by atoms with Gasteiger partial charge in [0, 0.05) is 23.9 Å². The maximum absolute atomic E-state index is 12.3. The van der Waals surface area contributed by atoms with E-state index in [-0.39, 0.29) is 10.9 Å². The second-order valence-electron chi connectivity index (χ2n) is 4.16. The van der Waals surface area contributed by atoms with E-state index in [9.17, 15) is 4.79 Å². The van der Waals surface area contributed by atoms with Crippen LogP contribution in [0.5, 0.6) is 11.5 Å². The zero-order valence-electron chi connectivity index (χ0n) is 11.4. The number of hydrogen-bond acceptors (Lipinski definition) is 3. The predicted molar refractivity (Wildman–Crippen MR) is 84.0 cm³/mol. The monoisotopic (exact) mass is 325 g/mol. The number of ether oxygens (including phenoxy) is 2.